The highest BCUT2D eigenvalue weighted by Crippen LogP contribution is 2.27. The standard InChI is InChI=1S/C20H26N4O5/c1-26-18-3-2-15(10-21-18)20(25)24-11-16(12-24)19-22-17(23-29-19)6-9-28-13-14-4-7-27-8-5-14/h2-3,10,14,16H,4-9,11-13H2,1H3. The van der Waals surface area contributed by atoms with E-state index in [-0.39, 0.29) is 11.8 Å². The number of hydrogen-bond donors (Lipinski definition) is 0. The Kier molecular flexibility index (Phi) is 6.36. The average molecular weight is 402 g/mol. The first-order valence-corrected chi connectivity index (χ1v) is 10.00. The van der Waals surface area contributed by atoms with Crippen molar-refractivity contribution >= 4 is 5.91 Å². The third-order valence-corrected chi connectivity index (χ3v) is 5.36. The fraction of sp³-hybridized carbons (Fsp3) is 0.600. The van der Waals surface area contributed by atoms with Gasteiger partial charge < -0.3 is 23.6 Å². The first-order valence-electron chi connectivity index (χ1n) is 10.00. The summed E-state index contributed by atoms with van der Waals surface area (Å²) in [4.78, 5) is 22.8. The zero-order valence-corrected chi connectivity index (χ0v) is 16.6. The molecule has 2 aromatic rings. The van der Waals surface area contributed by atoms with Crippen LogP contribution in [0.25, 0.3) is 0 Å². The Bertz CT molecular complexity index is 797. The molecule has 0 bridgehead atoms. The number of pyridine rings is 1. The highest BCUT2D eigenvalue weighted by atomic mass is 16.5. The molecule has 9 heteroatoms. The number of ether oxygens (including phenoxy) is 3. The molecule has 4 rings (SSSR count). The number of carbonyl (C=O) groups is 1. The van der Waals surface area contributed by atoms with E-state index in [1.807, 2.05) is 0 Å². The molecule has 0 N–H and O–H groups in total. The van der Waals surface area contributed by atoms with Gasteiger partial charge >= 0.3 is 0 Å². The van der Waals surface area contributed by atoms with Crippen molar-refractivity contribution in [3.05, 3.63) is 35.6 Å². The van der Waals surface area contributed by atoms with E-state index in [0.29, 0.717) is 55.2 Å². The van der Waals surface area contributed by atoms with Gasteiger partial charge in [-0.05, 0) is 24.8 Å². The van der Waals surface area contributed by atoms with Gasteiger partial charge in [0, 0.05) is 51.6 Å². The van der Waals surface area contributed by atoms with E-state index in [1.165, 1.54) is 6.20 Å². The van der Waals surface area contributed by atoms with Crippen molar-refractivity contribution < 1.29 is 23.5 Å². The van der Waals surface area contributed by atoms with Crippen molar-refractivity contribution in [2.75, 3.05) is 46.6 Å². The lowest BCUT2D eigenvalue weighted by Gasteiger charge is -2.37. The molecule has 0 atom stereocenters. The largest absolute Gasteiger partial charge is 0.481 e. The highest BCUT2D eigenvalue weighted by Gasteiger charge is 2.36. The fourth-order valence-corrected chi connectivity index (χ4v) is 3.47. The van der Waals surface area contributed by atoms with Crippen molar-refractivity contribution in [2.24, 2.45) is 5.92 Å². The SMILES string of the molecule is COc1ccc(C(=O)N2CC(c3nc(CCOCC4CCOCC4)no3)C2)cn1. The Morgan fingerprint density at radius 1 is 1.28 bits per heavy atom. The average Bonchev–Trinajstić information content (AvgIpc) is 3.19. The normalized spacial score (nSPS) is 17.9. The molecule has 9 nitrogen and oxygen atoms in total. The maximum atomic E-state index is 12.5. The topological polar surface area (TPSA) is 99.8 Å². The summed E-state index contributed by atoms with van der Waals surface area (Å²) in [7, 11) is 1.54. The van der Waals surface area contributed by atoms with Gasteiger partial charge in [-0.2, -0.15) is 4.98 Å². The molecule has 0 aliphatic carbocycles. The van der Waals surface area contributed by atoms with Gasteiger partial charge in [0.2, 0.25) is 11.8 Å². The van der Waals surface area contributed by atoms with E-state index in [4.69, 9.17) is 18.7 Å². The van der Waals surface area contributed by atoms with E-state index in [2.05, 4.69) is 15.1 Å². The highest BCUT2D eigenvalue weighted by molar-refractivity contribution is 5.94. The maximum Gasteiger partial charge on any atom is 0.255 e. The van der Waals surface area contributed by atoms with Gasteiger partial charge in [-0.3, -0.25) is 4.79 Å². The fourth-order valence-electron chi connectivity index (χ4n) is 3.47. The molecule has 4 heterocycles. The molecule has 2 aromatic heterocycles. The van der Waals surface area contributed by atoms with Crippen LogP contribution in [0, 0.1) is 5.92 Å². The quantitative estimate of drug-likeness (QED) is 0.615. The summed E-state index contributed by atoms with van der Waals surface area (Å²) < 4.78 is 21.5. The zero-order valence-electron chi connectivity index (χ0n) is 16.6. The molecule has 156 valence electrons. The van der Waals surface area contributed by atoms with Gasteiger partial charge in [-0.1, -0.05) is 5.16 Å². The molecule has 0 aromatic carbocycles. The summed E-state index contributed by atoms with van der Waals surface area (Å²) in [5.74, 6) is 2.33. The molecule has 29 heavy (non-hydrogen) atoms. The predicted octanol–water partition coefficient (Wildman–Crippen LogP) is 1.70. The van der Waals surface area contributed by atoms with Crippen LogP contribution >= 0.6 is 0 Å². The van der Waals surface area contributed by atoms with Gasteiger partial charge in [0.1, 0.15) is 0 Å². The van der Waals surface area contributed by atoms with Crippen LogP contribution in [0.3, 0.4) is 0 Å². The smallest absolute Gasteiger partial charge is 0.255 e. The molecular formula is C20H26N4O5. The lowest BCUT2D eigenvalue weighted by Crippen LogP contribution is -2.48. The van der Waals surface area contributed by atoms with Crippen LogP contribution in [0.2, 0.25) is 0 Å². The molecule has 0 saturated carbocycles. The number of hydrogen-bond acceptors (Lipinski definition) is 8. The number of rotatable bonds is 8. The molecule has 2 fully saturated rings. The molecule has 0 spiro atoms. The van der Waals surface area contributed by atoms with Crippen LogP contribution in [-0.4, -0.2) is 72.6 Å². The molecule has 0 unspecified atom stereocenters. The van der Waals surface area contributed by atoms with E-state index < -0.39 is 0 Å². The van der Waals surface area contributed by atoms with Crippen molar-refractivity contribution in [1.82, 2.24) is 20.0 Å². The third-order valence-electron chi connectivity index (χ3n) is 5.36. The zero-order chi connectivity index (χ0) is 20.1. The number of aromatic nitrogens is 3. The minimum Gasteiger partial charge on any atom is -0.481 e. The van der Waals surface area contributed by atoms with Crippen molar-refractivity contribution in [3.8, 4) is 5.88 Å². The molecule has 1 amide bonds. The number of amides is 1. The number of methoxy groups -OCH3 is 1. The van der Waals surface area contributed by atoms with Crippen molar-refractivity contribution in [1.29, 1.82) is 0 Å². The Morgan fingerprint density at radius 2 is 2.10 bits per heavy atom. The van der Waals surface area contributed by atoms with Gasteiger partial charge in [-0.15, -0.1) is 0 Å². The third kappa shape index (κ3) is 4.91. The van der Waals surface area contributed by atoms with E-state index in [1.54, 1.807) is 24.1 Å². The second-order valence-corrected chi connectivity index (χ2v) is 7.43. The lowest BCUT2D eigenvalue weighted by atomic mass is 9.99. The molecule has 2 saturated heterocycles. The van der Waals surface area contributed by atoms with E-state index >= 15 is 0 Å². The van der Waals surface area contributed by atoms with Crippen LogP contribution in [0.4, 0.5) is 0 Å². The van der Waals surface area contributed by atoms with Crippen LogP contribution in [0.15, 0.2) is 22.9 Å². The van der Waals surface area contributed by atoms with Crippen LogP contribution < -0.4 is 4.74 Å². The Hall–Kier alpha value is -2.52. The van der Waals surface area contributed by atoms with E-state index in [0.717, 1.165) is 32.7 Å². The summed E-state index contributed by atoms with van der Waals surface area (Å²) in [6.07, 6.45) is 4.28. The van der Waals surface area contributed by atoms with Crippen LogP contribution in [-0.2, 0) is 15.9 Å². The number of likely N-dealkylation sites (tertiary alicyclic amines) is 1. The Balaban J connectivity index is 1.19. The minimum absolute atomic E-state index is 0.0577. The minimum atomic E-state index is -0.0577. The number of nitrogens with zero attached hydrogens (tertiary/aromatic N) is 4. The number of carbonyl (C=O) groups excluding carboxylic acids is 1. The summed E-state index contributed by atoms with van der Waals surface area (Å²) in [5.41, 5.74) is 0.539. The summed E-state index contributed by atoms with van der Waals surface area (Å²) in [5, 5.41) is 4.04. The van der Waals surface area contributed by atoms with Gasteiger partial charge in [-0.25, -0.2) is 4.98 Å². The predicted molar refractivity (Wildman–Crippen MR) is 102 cm³/mol. The van der Waals surface area contributed by atoms with Gasteiger partial charge in [0.15, 0.2) is 5.82 Å². The second-order valence-electron chi connectivity index (χ2n) is 7.43. The second kappa shape index (κ2) is 9.32. The Labute approximate surface area is 169 Å². The summed E-state index contributed by atoms with van der Waals surface area (Å²) in [6.45, 7) is 4.12. The molecular weight excluding hydrogens is 376 g/mol. The first-order chi connectivity index (χ1) is 14.2. The maximum absolute atomic E-state index is 12.5. The van der Waals surface area contributed by atoms with Crippen molar-refractivity contribution in [2.45, 2.75) is 25.2 Å². The molecule has 2 aliphatic rings. The Morgan fingerprint density at radius 3 is 2.83 bits per heavy atom. The van der Waals surface area contributed by atoms with Crippen molar-refractivity contribution in [3.63, 3.8) is 0 Å². The monoisotopic (exact) mass is 402 g/mol. The first kappa shape index (κ1) is 19.8. The van der Waals surface area contributed by atoms with Gasteiger partial charge in [0.25, 0.3) is 5.91 Å². The summed E-state index contributed by atoms with van der Waals surface area (Å²) >= 11 is 0. The molecule has 2 aliphatic heterocycles. The van der Waals surface area contributed by atoms with Crippen LogP contribution in [0.5, 0.6) is 5.88 Å². The van der Waals surface area contributed by atoms with E-state index in [9.17, 15) is 4.79 Å². The molecule has 0 radical (unpaired) electrons. The van der Waals surface area contributed by atoms with Crippen LogP contribution in [0.1, 0.15) is 40.8 Å². The lowest BCUT2D eigenvalue weighted by molar-refractivity contribution is 0.0211. The summed E-state index contributed by atoms with van der Waals surface area (Å²) in [6, 6.07) is 3.39. The van der Waals surface area contributed by atoms with Gasteiger partial charge in [0.05, 0.1) is 25.2 Å².